The standard InChI is InChI=1S/C13H14N2O/c1-9(14)13(16)15-12-7-6-10-4-2-3-5-11(10)8-12/h2-9H,14H2,1H3,(H,15,16)/t9-/m0/s1. The summed E-state index contributed by atoms with van der Waals surface area (Å²) in [6, 6.07) is 13.3. The first-order valence-electron chi connectivity index (χ1n) is 5.22. The molecule has 0 aliphatic heterocycles. The number of hydrogen-bond donors (Lipinski definition) is 2. The van der Waals surface area contributed by atoms with Crippen molar-refractivity contribution in [1.29, 1.82) is 0 Å². The summed E-state index contributed by atoms with van der Waals surface area (Å²) in [6.45, 7) is 1.66. The summed E-state index contributed by atoms with van der Waals surface area (Å²) in [4.78, 5) is 11.4. The van der Waals surface area contributed by atoms with E-state index < -0.39 is 6.04 Å². The van der Waals surface area contributed by atoms with Crippen LogP contribution in [-0.4, -0.2) is 11.9 Å². The summed E-state index contributed by atoms with van der Waals surface area (Å²) in [5.41, 5.74) is 6.26. The van der Waals surface area contributed by atoms with Crippen LogP contribution in [0.5, 0.6) is 0 Å². The summed E-state index contributed by atoms with van der Waals surface area (Å²) in [5, 5.41) is 5.03. The minimum atomic E-state index is -0.494. The van der Waals surface area contributed by atoms with E-state index in [9.17, 15) is 4.79 Å². The van der Waals surface area contributed by atoms with Crippen LogP contribution in [0.1, 0.15) is 6.92 Å². The van der Waals surface area contributed by atoms with Gasteiger partial charge in [-0.25, -0.2) is 0 Å². The van der Waals surface area contributed by atoms with Gasteiger partial charge in [0, 0.05) is 5.69 Å². The molecule has 0 bridgehead atoms. The third-order valence-electron chi connectivity index (χ3n) is 2.43. The van der Waals surface area contributed by atoms with Crippen molar-refractivity contribution >= 4 is 22.4 Å². The van der Waals surface area contributed by atoms with Gasteiger partial charge in [-0.1, -0.05) is 30.3 Å². The average molecular weight is 214 g/mol. The molecule has 0 heterocycles. The molecule has 0 saturated heterocycles. The summed E-state index contributed by atoms with van der Waals surface area (Å²) < 4.78 is 0. The highest BCUT2D eigenvalue weighted by molar-refractivity contribution is 5.96. The lowest BCUT2D eigenvalue weighted by atomic mass is 10.1. The second kappa shape index (κ2) is 4.33. The van der Waals surface area contributed by atoms with Gasteiger partial charge in [-0.15, -0.1) is 0 Å². The van der Waals surface area contributed by atoms with Crippen molar-refractivity contribution < 1.29 is 4.79 Å². The van der Waals surface area contributed by atoms with Gasteiger partial charge in [-0.2, -0.15) is 0 Å². The number of carbonyl (C=O) groups excluding carboxylic acids is 1. The number of hydrogen-bond acceptors (Lipinski definition) is 2. The molecule has 3 heteroatoms. The molecule has 16 heavy (non-hydrogen) atoms. The minimum absolute atomic E-state index is 0.171. The Morgan fingerprint density at radius 2 is 1.88 bits per heavy atom. The zero-order valence-corrected chi connectivity index (χ0v) is 9.10. The maximum Gasteiger partial charge on any atom is 0.240 e. The van der Waals surface area contributed by atoms with E-state index in [0.717, 1.165) is 16.5 Å². The SMILES string of the molecule is C[C@H](N)C(=O)Nc1ccc2ccccc2c1. The zero-order valence-electron chi connectivity index (χ0n) is 9.10. The Balaban J connectivity index is 2.29. The highest BCUT2D eigenvalue weighted by atomic mass is 16.2. The van der Waals surface area contributed by atoms with Crippen LogP contribution < -0.4 is 11.1 Å². The molecule has 2 aromatic rings. The predicted octanol–water partition coefficient (Wildman–Crippen LogP) is 2.13. The Kier molecular flexibility index (Phi) is 2.88. The minimum Gasteiger partial charge on any atom is -0.325 e. The topological polar surface area (TPSA) is 55.1 Å². The second-order valence-corrected chi connectivity index (χ2v) is 3.84. The molecule has 0 unspecified atom stereocenters. The Hall–Kier alpha value is -1.87. The van der Waals surface area contributed by atoms with Gasteiger partial charge in [0.15, 0.2) is 0 Å². The Labute approximate surface area is 94.3 Å². The van der Waals surface area contributed by atoms with Crippen molar-refractivity contribution in [1.82, 2.24) is 0 Å². The van der Waals surface area contributed by atoms with Gasteiger partial charge in [0.2, 0.25) is 5.91 Å². The van der Waals surface area contributed by atoms with Crippen molar-refractivity contribution in [2.75, 3.05) is 5.32 Å². The molecule has 0 aliphatic rings. The fourth-order valence-electron chi connectivity index (χ4n) is 1.52. The molecule has 2 rings (SSSR count). The maximum absolute atomic E-state index is 11.4. The second-order valence-electron chi connectivity index (χ2n) is 3.84. The fraction of sp³-hybridized carbons (Fsp3) is 0.154. The first-order chi connectivity index (χ1) is 7.66. The van der Waals surface area contributed by atoms with E-state index in [1.54, 1.807) is 6.92 Å². The lowest BCUT2D eigenvalue weighted by molar-refractivity contribution is -0.117. The van der Waals surface area contributed by atoms with E-state index in [2.05, 4.69) is 5.32 Å². The van der Waals surface area contributed by atoms with Crippen LogP contribution in [0.15, 0.2) is 42.5 Å². The van der Waals surface area contributed by atoms with Gasteiger partial charge in [-0.05, 0) is 29.8 Å². The van der Waals surface area contributed by atoms with E-state index in [4.69, 9.17) is 5.73 Å². The smallest absolute Gasteiger partial charge is 0.240 e. The molecule has 0 aromatic heterocycles. The van der Waals surface area contributed by atoms with E-state index in [-0.39, 0.29) is 5.91 Å². The van der Waals surface area contributed by atoms with Crippen molar-refractivity contribution in [3.63, 3.8) is 0 Å². The van der Waals surface area contributed by atoms with Crippen LogP contribution >= 0.6 is 0 Å². The number of benzene rings is 2. The highest BCUT2D eigenvalue weighted by Crippen LogP contribution is 2.18. The number of rotatable bonds is 2. The first-order valence-corrected chi connectivity index (χ1v) is 5.22. The molecular weight excluding hydrogens is 200 g/mol. The molecule has 0 fully saturated rings. The quantitative estimate of drug-likeness (QED) is 0.804. The molecule has 0 radical (unpaired) electrons. The van der Waals surface area contributed by atoms with E-state index >= 15 is 0 Å². The number of carbonyl (C=O) groups is 1. The zero-order chi connectivity index (χ0) is 11.5. The molecule has 1 atom stereocenters. The first kappa shape index (κ1) is 10.6. The van der Waals surface area contributed by atoms with E-state index in [1.807, 2.05) is 42.5 Å². The molecule has 0 saturated carbocycles. The molecule has 3 N–H and O–H groups in total. The lowest BCUT2D eigenvalue weighted by Gasteiger charge is -2.08. The van der Waals surface area contributed by atoms with Crippen molar-refractivity contribution in [2.24, 2.45) is 5.73 Å². The number of nitrogens with two attached hydrogens (primary N) is 1. The van der Waals surface area contributed by atoms with E-state index in [1.165, 1.54) is 0 Å². The third kappa shape index (κ3) is 2.20. The van der Waals surface area contributed by atoms with E-state index in [0.29, 0.717) is 0 Å². The van der Waals surface area contributed by atoms with Gasteiger partial charge < -0.3 is 11.1 Å². The third-order valence-corrected chi connectivity index (χ3v) is 2.43. The summed E-state index contributed by atoms with van der Waals surface area (Å²) in [6.07, 6.45) is 0. The van der Waals surface area contributed by atoms with Gasteiger partial charge in [0.25, 0.3) is 0 Å². The van der Waals surface area contributed by atoms with Crippen molar-refractivity contribution in [3.05, 3.63) is 42.5 Å². The van der Waals surface area contributed by atoms with Crippen LogP contribution in [0.4, 0.5) is 5.69 Å². The van der Waals surface area contributed by atoms with Gasteiger partial charge in [0.1, 0.15) is 0 Å². The summed E-state index contributed by atoms with van der Waals surface area (Å²) >= 11 is 0. The summed E-state index contributed by atoms with van der Waals surface area (Å²) in [5.74, 6) is -0.171. The monoisotopic (exact) mass is 214 g/mol. The Bertz CT molecular complexity index is 520. The lowest BCUT2D eigenvalue weighted by Crippen LogP contribution is -2.32. The van der Waals surface area contributed by atoms with Crippen LogP contribution in [0.25, 0.3) is 10.8 Å². The number of nitrogens with one attached hydrogen (secondary N) is 1. The van der Waals surface area contributed by atoms with Crippen LogP contribution in [0, 0.1) is 0 Å². The van der Waals surface area contributed by atoms with Gasteiger partial charge >= 0.3 is 0 Å². The largest absolute Gasteiger partial charge is 0.325 e. The Morgan fingerprint density at radius 1 is 1.19 bits per heavy atom. The molecular formula is C13H14N2O. The van der Waals surface area contributed by atoms with Crippen LogP contribution in [-0.2, 0) is 4.79 Å². The highest BCUT2D eigenvalue weighted by Gasteiger charge is 2.07. The maximum atomic E-state index is 11.4. The normalized spacial score (nSPS) is 12.4. The number of amides is 1. The van der Waals surface area contributed by atoms with Crippen LogP contribution in [0.2, 0.25) is 0 Å². The van der Waals surface area contributed by atoms with Crippen molar-refractivity contribution in [2.45, 2.75) is 13.0 Å². The predicted molar refractivity (Wildman–Crippen MR) is 66.2 cm³/mol. The Morgan fingerprint density at radius 3 is 2.56 bits per heavy atom. The number of fused-ring (bicyclic) bond motifs is 1. The molecule has 1 amide bonds. The van der Waals surface area contributed by atoms with Crippen molar-refractivity contribution in [3.8, 4) is 0 Å². The molecule has 82 valence electrons. The fourth-order valence-corrected chi connectivity index (χ4v) is 1.52. The number of anilines is 1. The molecule has 3 nitrogen and oxygen atoms in total. The molecule has 2 aromatic carbocycles. The van der Waals surface area contributed by atoms with Gasteiger partial charge in [0.05, 0.1) is 6.04 Å². The molecule has 0 aliphatic carbocycles. The average Bonchev–Trinajstić information content (AvgIpc) is 2.28. The van der Waals surface area contributed by atoms with Gasteiger partial charge in [-0.3, -0.25) is 4.79 Å². The summed E-state index contributed by atoms with van der Waals surface area (Å²) in [7, 11) is 0. The van der Waals surface area contributed by atoms with Crippen LogP contribution in [0.3, 0.4) is 0 Å². The molecule has 0 spiro atoms.